The molecule has 3 N–H and O–H groups in total. The molecule has 0 saturated heterocycles. The number of aliphatic hydroxyl groups excluding tert-OH is 1. The molecule has 0 saturated carbocycles. The van der Waals surface area contributed by atoms with E-state index in [-0.39, 0.29) is 25.7 Å². The van der Waals surface area contributed by atoms with Crippen molar-refractivity contribution >= 4 is 39.5 Å². The van der Waals surface area contributed by atoms with E-state index in [1.54, 1.807) is 0 Å². The number of unbranched alkanes of at least 4 members (excludes halogenated alkanes) is 47. The second-order valence-corrected chi connectivity index (χ2v) is 30.4. The van der Waals surface area contributed by atoms with Crippen molar-refractivity contribution in [2.24, 2.45) is 5.92 Å². The van der Waals surface area contributed by atoms with Gasteiger partial charge in [-0.15, -0.1) is 0 Å². The smallest absolute Gasteiger partial charge is 0.462 e. The summed E-state index contributed by atoms with van der Waals surface area (Å²) in [5.41, 5.74) is 0. The summed E-state index contributed by atoms with van der Waals surface area (Å²) < 4.78 is 68.4. The normalized spacial score (nSPS) is 14.0. The van der Waals surface area contributed by atoms with Gasteiger partial charge in [0.15, 0.2) is 12.2 Å². The molecule has 5 atom stereocenters. The molecule has 0 heterocycles. The minimum atomic E-state index is -4.96. The van der Waals surface area contributed by atoms with Crippen molar-refractivity contribution < 1.29 is 80.2 Å². The molecule has 0 fully saturated rings. The van der Waals surface area contributed by atoms with Crippen molar-refractivity contribution in [1.82, 2.24) is 0 Å². The maximum atomic E-state index is 13.1. The summed E-state index contributed by atoms with van der Waals surface area (Å²) >= 11 is 0. The van der Waals surface area contributed by atoms with Gasteiger partial charge in [-0.05, 0) is 31.6 Å². The molecule has 0 amide bonds. The molecule has 0 aliphatic heterocycles. The van der Waals surface area contributed by atoms with E-state index in [1.807, 2.05) is 0 Å². The van der Waals surface area contributed by atoms with Crippen LogP contribution in [0.15, 0.2) is 0 Å². The van der Waals surface area contributed by atoms with Crippen LogP contribution in [0.1, 0.15) is 394 Å². The summed E-state index contributed by atoms with van der Waals surface area (Å²) in [7, 11) is -9.90. The second-order valence-electron chi connectivity index (χ2n) is 27.5. The molecule has 0 aromatic heterocycles. The van der Waals surface area contributed by atoms with Gasteiger partial charge in [-0.25, -0.2) is 9.13 Å². The molecule has 0 radical (unpaired) electrons. The molecule has 558 valence electrons. The molecule has 19 heteroatoms. The average Bonchev–Trinajstić information content (AvgIpc) is 1.28. The number of ether oxygens (including phenoxy) is 4. The van der Waals surface area contributed by atoms with Crippen molar-refractivity contribution in [3.05, 3.63) is 0 Å². The monoisotopic (exact) mass is 1380 g/mol. The predicted molar refractivity (Wildman–Crippen MR) is 382 cm³/mol. The number of rotatable bonds is 75. The Bertz CT molecular complexity index is 1810. The van der Waals surface area contributed by atoms with E-state index in [4.69, 9.17) is 37.0 Å². The van der Waals surface area contributed by atoms with Crippen LogP contribution >= 0.6 is 15.6 Å². The average molecular weight is 1380 g/mol. The highest BCUT2D eigenvalue weighted by Gasteiger charge is 2.30. The van der Waals surface area contributed by atoms with Crippen LogP contribution in [-0.2, 0) is 65.4 Å². The van der Waals surface area contributed by atoms with Gasteiger partial charge in [-0.1, -0.05) is 343 Å². The van der Waals surface area contributed by atoms with Gasteiger partial charge in [0.25, 0.3) is 0 Å². The van der Waals surface area contributed by atoms with Crippen LogP contribution in [0.2, 0.25) is 0 Å². The molecular weight excluding hydrogens is 1230 g/mol. The molecule has 0 aliphatic rings. The van der Waals surface area contributed by atoms with Gasteiger partial charge in [0.05, 0.1) is 26.4 Å². The Kier molecular flexibility index (Phi) is 66.8. The van der Waals surface area contributed by atoms with Crippen LogP contribution in [0.3, 0.4) is 0 Å². The highest BCUT2D eigenvalue weighted by atomic mass is 31.2. The first-order valence-electron chi connectivity index (χ1n) is 39.1. The number of hydrogen-bond acceptors (Lipinski definition) is 15. The van der Waals surface area contributed by atoms with Crippen LogP contribution < -0.4 is 0 Å². The maximum Gasteiger partial charge on any atom is 0.472 e. The molecule has 0 spiro atoms. The topological polar surface area (TPSA) is 237 Å². The highest BCUT2D eigenvalue weighted by molar-refractivity contribution is 7.47. The number of aliphatic hydroxyl groups is 1. The summed E-state index contributed by atoms with van der Waals surface area (Å²) in [6.45, 7) is 7.29. The van der Waals surface area contributed by atoms with Crippen LogP contribution in [0.25, 0.3) is 0 Å². The Morgan fingerprint density at radius 3 is 0.723 bits per heavy atom. The second kappa shape index (κ2) is 68.2. The largest absolute Gasteiger partial charge is 0.472 e. The van der Waals surface area contributed by atoms with Crippen molar-refractivity contribution in [3.8, 4) is 0 Å². The molecule has 0 rings (SSSR count). The third-order valence-corrected chi connectivity index (χ3v) is 19.4. The quantitative estimate of drug-likeness (QED) is 0.0222. The molecule has 0 aliphatic carbocycles. The highest BCUT2D eigenvalue weighted by Crippen LogP contribution is 2.45. The van der Waals surface area contributed by atoms with Crippen molar-refractivity contribution in [2.75, 3.05) is 39.6 Å². The SMILES string of the molecule is CCCCCCCCCCCCCCCCCCC(=O)OC[C@H](COP(=O)(O)OC[C@@H](O)COP(=O)(O)OC[C@@H](COC(=O)CCCCCCCCCC)OC(=O)CCCCCCCCCCCCCCCC)OC(=O)CCCCCCCCCCCCCCCC(C)C. The summed E-state index contributed by atoms with van der Waals surface area (Å²) in [5.74, 6) is -1.33. The summed E-state index contributed by atoms with van der Waals surface area (Å²) in [6, 6.07) is 0. The lowest BCUT2D eigenvalue weighted by Gasteiger charge is -2.21. The van der Waals surface area contributed by atoms with Gasteiger partial charge in [0, 0.05) is 25.7 Å². The Hall–Kier alpha value is -1.94. The van der Waals surface area contributed by atoms with Crippen LogP contribution in [-0.4, -0.2) is 96.7 Å². The molecule has 2 unspecified atom stereocenters. The lowest BCUT2D eigenvalue weighted by molar-refractivity contribution is -0.161. The lowest BCUT2D eigenvalue weighted by Crippen LogP contribution is -2.30. The Morgan fingerprint density at radius 2 is 0.489 bits per heavy atom. The van der Waals surface area contributed by atoms with E-state index in [9.17, 15) is 43.2 Å². The van der Waals surface area contributed by atoms with Gasteiger partial charge in [-0.3, -0.25) is 37.3 Å². The van der Waals surface area contributed by atoms with Crippen molar-refractivity contribution in [2.45, 2.75) is 412 Å². The molecule has 0 aromatic rings. The zero-order chi connectivity index (χ0) is 69.1. The molecule has 17 nitrogen and oxygen atoms in total. The maximum absolute atomic E-state index is 13.1. The standard InChI is InChI=1S/C75H146O17P2/c1-6-9-12-15-18-21-23-25-27-28-32-35-39-44-49-54-59-73(78)86-65-71(92-75(80)61-56-51-46-41-37-33-29-30-34-38-42-47-52-57-68(4)5)67-90-94(83,84)88-63-69(76)62-87-93(81,82)89-66-70(64-85-72(77)58-53-48-43-20-17-14-11-8-3)91-74(79)60-55-50-45-40-36-31-26-24-22-19-16-13-10-7-2/h68-71,76H,6-67H2,1-5H3,(H,81,82)(H,83,84)/t69-,70+,71+/m0/s1. The zero-order valence-corrected chi connectivity index (χ0v) is 62.9. The van der Waals surface area contributed by atoms with Crippen LogP contribution in [0.5, 0.6) is 0 Å². The van der Waals surface area contributed by atoms with E-state index in [1.165, 1.54) is 212 Å². The number of phosphoric acid groups is 2. The first kappa shape index (κ1) is 92.1. The van der Waals surface area contributed by atoms with Gasteiger partial charge < -0.3 is 33.8 Å². The fourth-order valence-corrected chi connectivity index (χ4v) is 13.1. The molecule has 0 aromatic carbocycles. The van der Waals surface area contributed by atoms with E-state index in [0.29, 0.717) is 25.7 Å². The number of carbonyl (C=O) groups excluding carboxylic acids is 4. The van der Waals surface area contributed by atoms with Crippen LogP contribution in [0, 0.1) is 5.92 Å². The van der Waals surface area contributed by atoms with E-state index >= 15 is 0 Å². The van der Waals surface area contributed by atoms with Crippen LogP contribution in [0.4, 0.5) is 0 Å². The van der Waals surface area contributed by atoms with E-state index in [0.717, 1.165) is 102 Å². The predicted octanol–water partition coefficient (Wildman–Crippen LogP) is 22.1. The number of phosphoric ester groups is 2. The van der Waals surface area contributed by atoms with E-state index in [2.05, 4.69) is 34.6 Å². The van der Waals surface area contributed by atoms with Gasteiger partial charge in [0.2, 0.25) is 0 Å². The minimum Gasteiger partial charge on any atom is -0.462 e. The van der Waals surface area contributed by atoms with Crippen molar-refractivity contribution in [3.63, 3.8) is 0 Å². The first-order valence-corrected chi connectivity index (χ1v) is 42.1. The van der Waals surface area contributed by atoms with E-state index < -0.39 is 97.5 Å². The van der Waals surface area contributed by atoms with Gasteiger partial charge in [-0.2, -0.15) is 0 Å². The fourth-order valence-electron chi connectivity index (χ4n) is 11.5. The third-order valence-electron chi connectivity index (χ3n) is 17.5. The summed E-state index contributed by atoms with van der Waals surface area (Å²) in [5, 5.41) is 10.6. The number of hydrogen-bond donors (Lipinski definition) is 3. The third kappa shape index (κ3) is 68.6. The Morgan fingerprint density at radius 1 is 0.287 bits per heavy atom. The Balaban J connectivity index is 5.22. The van der Waals surface area contributed by atoms with Gasteiger partial charge >= 0.3 is 39.5 Å². The lowest BCUT2D eigenvalue weighted by atomic mass is 10.0. The number of carbonyl (C=O) groups is 4. The molecular formula is C75H146O17P2. The van der Waals surface area contributed by atoms with Crippen molar-refractivity contribution in [1.29, 1.82) is 0 Å². The number of esters is 4. The summed E-state index contributed by atoms with van der Waals surface area (Å²) in [6.07, 6.45) is 56.8. The molecule has 94 heavy (non-hydrogen) atoms. The first-order chi connectivity index (χ1) is 45.5. The minimum absolute atomic E-state index is 0.108. The Labute approximate surface area is 575 Å². The molecule has 0 bridgehead atoms. The zero-order valence-electron chi connectivity index (χ0n) is 61.1. The van der Waals surface area contributed by atoms with Gasteiger partial charge in [0.1, 0.15) is 19.3 Å². The fraction of sp³-hybridized carbons (Fsp3) is 0.947. The summed E-state index contributed by atoms with van der Waals surface area (Å²) in [4.78, 5) is 72.7.